The molecule has 4 rings (SSSR count). The van der Waals surface area contributed by atoms with E-state index in [2.05, 4.69) is 29.3 Å². The van der Waals surface area contributed by atoms with Crippen molar-refractivity contribution in [3.63, 3.8) is 0 Å². The average molecular weight is 389 g/mol. The van der Waals surface area contributed by atoms with Gasteiger partial charge in [-0.05, 0) is 36.2 Å². The first kappa shape index (κ1) is 19.2. The largest absolute Gasteiger partial charge is 0.497 e. The third-order valence-corrected chi connectivity index (χ3v) is 5.60. The van der Waals surface area contributed by atoms with Crippen LogP contribution >= 0.6 is 0 Å². The van der Waals surface area contributed by atoms with Crippen LogP contribution < -0.4 is 4.74 Å². The van der Waals surface area contributed by atoms with Crippen molar-refractivity contribution in [2.45, 2.75) is 38.6 Å². The summed E-state index contributed by atoms with van der Waals surface area (Å²) >= 11 is 0. The van der Waals surface area contributed by atoms with E-state index >= 15 is 0 Å². The molecule has 0 unspecified atom stereocenters. The van der Waals surface area contributed by atoms with Crippen LogP contribution in [0, 0.1) is 0 Å². The monoisotopic (exact) mass is 389 g/mol. The van der Waals surface area contributed by atoms with E-state index in [1.54, 1.807) is 7.11 Å². The highest BCUT2D eigenvalue weighted by Gasteiger charge is 2.41. The van der Waals surface area contributed by atoms with Gasteiger partial charge in [0.2, 0.25) is 0 Å². The number of fused-ring (bicyclic) bond motifs is 1. The van der Waals surface area contributed by atoms with Crippen LogP contribution in [0.2, 0.25) is 0 Å². The van der Waals surface area contributed by atoms with Gasteiger partial charge in [0.15, 0.2) is 0 Å². The van der Waals surface area contributed by atoms with Crippen LogP contribution in [0.15, 0.2) is 54.6 Å². The van der Waals surface area contributed by atoms with Crippen molar-refractivity contribution in [1.29, 1.82) is 0 Å². The number of carbonyl (C=O) groups excluding carboxylic acids is 1. The molecular weight excluding hydrogens is 362 g/mol. The molecule has 3 aromatic rings. The van der Waals surface area contributed by atoms with Crippen LogP contribution in [0.1, 0.15) is 60.3 Å². The van der Waals surface area contributed by atoms with E-state index < -0.39 is 0 Å². The number of nitrogens with one attached hydrogen (secondary N) is 1. The molecule has 1 atom stereocenters. The summed E-state index contributed by atoms with van der Waals surface area (Å²) in [5, 5.41) is 7.54. The summed E-state index contributed by atoms with van der Waals surface area (Å²) < 4.78 is 5.28. The van der Waals surface area contributed by atoms with Crippen LogP contribution in [-0.4, -0.2) is 34.7 Å². The normalized spacial score (nSPS) is 15.6. The predicted octanol–water partition coefficient (Wildman–Crippen LogP) is 5.21. The van der Waals surface area contributed by atoms with Gasteiger partial charge in [0.25, 0.3) is 5.91 Å². The van der Waals surface area contributed by atoms with Crippen molar-refractivity contribution < 1.29 is 9.53 Å². The number of benzene rings is 2. The zero-order valence-electron chi connectivity index (χ0n) is 17.0. The fraction of sp³-hybridized carbons (Fsp3) is 0.333. The first-order chi connectivity index (χ1) is 14.2. The van der Waals surface area contributed by atoms with E-state index in [0.29, 0.717) is 5.69 Å². The number of hydrogen-bond acceptors (Lipinski definition) is 3. The maximum atomic E-state index is 13.2. The Bertz CT molecular complexity index is 964. The lowest BCUT2D eigenvalue weighted by Gasteiger charge is -2.26. The van der Waals surface area contributed by atoms with E-state index in [9.17, 15) is 4.79 Å². The molecule has 1 aromatic heterocycles. The van der Waals surface area contributed by atoms with Gasteiger partial charge in [0.05, 0.1) is 18.8 Å². The Balaban J connectivity index is 1.73. The molecule has 5 heteroatoms. The smallest absolute Gasteiger partial charge is 0.273 e. The molecule has 0 radical (unpaired) electrons. The first-order valence-electron chi connectivity index (χ1n) is 10.3. The molecule has 2 heterocycles. The molecule has 0 spiro atoms. The molecule has 1 aliphatic heterocycles. The predicted molar refractivity (Wildman–Crippen MR) is 114 cm³/mol. The molecule has 29 heavy (non-hydrogen) atoms. The third kappa shape index (κ3) is 3.65. The molecule has 0 fully saturated rings. The van der Waals surface area contributed by atoms with Gasteiger partial charge in [-0.3, -0.25) is 9.89 Å². The molecule has 5 nitrogen and oxygen atoms in total. The summed E-state index contributed by atoms with van der Waals surface area (Å²) in [6.45, 7) is 2.95. The Morgan fingerprint density at radius 1 is 1.03 bits per heavy atom. The molecule has 1 amide bonds. The number of rotatable bonds is 8. The Morgan fingerprint density at radius 2 is 1.79 bits per heavy atom. The molecule has 0 saturated heterocycles. The second kappa shape index (κ2) is 8.52. The van der Waals surface area contributed by atoms with Gasteiger partial charge in [-0.15, -0.1) is 0 Å². The summed E-state index contributed by atoms with van der Waals surface area (Å²) in [7, 11) is 1.65. The first-order valence-corrected chi connectivity index (χ1v) is 10.3. The van der Waals surface area contributed by atoms with Crippen molar-refractivity contribution in [3.05, 3.63) is 71.4 Å². The number of nitrogens with zero attached hydrogens (tertiary/aromatic N) is 2. The highest BCUT2D eigenvalue weighted by atomic mass is 16.5. The second-order valence-electron chi connectivity index (χ2n) is 7.46. The van der Waals surface area contributed by atoms with Gasteiger partial charge in [0, 0.05) is 17.7 Å². The van der Waals surface area contributed by atoms with Crippen LogP contribution in [0.4, 0.5) is 0 Å². The van der Waals surface area contributed by atoms with E-state index in [1.165, 1.54) is 12.8 Å². The number of aromatic nitrogens is 2. The lowest BCUT2D eigenvalue weighted by molar-refractivity contribution is 0.0740. The average Bonchev–Trinajstić information content (AvgIpc) is 3.31. The number of H-pyrrole nitrogens is 1. The Kier molecular flexibility index (Phi) is 5.65. The van der Waals surface area contributed by atoms with E-state index in [1.807, 2.05) is 47.4 Å². The standard InChI is InChI=1S/C24H27N3O2/c1-3-4-5-9-16-27-23(18-10-7-6-8-11-18)20-21(25-26-22(20)24(27)28)17-12-14-19(29-2)15-13-17/h6-8,10-15,23H,3-5,9,16H2,1-2H3,(H,25,26)/t23-/m1/s1. The Labute approximate surface area is 171 Å². The molecule has 0 aliphatic carbocycles. The van der Waals surface area contributed by atoms with Gasteiger partial charge >= 0.3 is 0 Å². The number of hydrogen-bond donors (Lipinski definition) is 1. The fourth-order valence-electron chi connectivity index (χ4n) is 4.09. The van der Waals surface area contributed by atoms with E-state index in [0.717, 1.165) is 47.5 Å². The van der Waals surface area contributed by atoms with Gasteiger partial charge < -0.3 is 9.64 Å². The number of amides is 1. The van der Waals surface area contributed by atoms with Gasteiger partial charge in [0.1, 0.15) is 11.4 Å². The van der Waals surface area contributed by atoms with Crippen molar-refractivity contribution in [2.75, 3.05) is 13.7 Å². The number of carbonyl (C=O) groups is 1. The lowest BCUT2D eigenvalue weighted by Crippen LogP contribution is -2.30. The van der Waals surface area contributed by atoms with E-state index in [-0.39, 0.29) is 11.9 Å². The maximum Gasteiger partial charge on any atom is 0.273 e. The zero-order chi connectivity index (χ0) is 20.2. The van der Waals surface area contributed by atoms with Gasteiger partial charge in [-0.1, -0.05) is 56.5 Å². The summed E-state index contributed by atoms with van der Waals surface area (Å²) in [6, 6.07) is 18.0. The summed E-state index contributed by atoms with van der Waals surface area (Å²) in [6.07, 6.45) is 4.53. The summed E-state index contributed by atoms with van der Waals surface area (Å²) in [4.78, 5) is 15.2. The molecule has 0 bridgehead atoms. The highest BCUT2D eigenvalue weighted by Crippen LogP contribution is 2.42. The molecule has 2 aromatic carbocycles. The zero-order valence-corrected chi connectivity index (χ0v) is 17.0. The molecule has 0 saturated carbocycles. The van der Waals surface area contributed by atoms with E-state index in [4.69, 9.17) is 4.74 Å². The van der Waals surface area contributed by atoms with Crippen LogP contribution in [-0.2, 0) is 0 Å². The number of ether oxygens (including phenoxy) is 1. The molecule has 1 N–H and O–H groups in total. The number of aromatic amines is 1. The Morgan fingerprint density at radius 3 is 2.48 bits per heavy atom. The Hall–Kier alpha value is -3.08. The maximum absolute atomic E-state index is 13.2. The van der Waals surface area contributed by atoms with Crippen LogP contribution in [0.3, 0.4) is 0 Å². The van der Waals surface area contributed by atoms with Crippen LogP contribution in [0.25, 0.3) is 11.3 Å². The molecular formula is C24H27N3O2. The van der Waals surface area contributed by atoms with Gasteiger partial charge in [-0.25, -0.2) is 0 Å². The second-order valence-corrected chi connectivity index (χ2v) is 7.46. The summed E-state index contributed by atoms with van der Waals surface area (Å²) in [5.74, 6) is 0.840. The minimum Gasteiger partial charge on any atom is -0.497 e. The van der Waals surface area contributed by atoms with Crippen molar-refractivity contribution in [1.82, 2.24) is 15.1 Å². The van der Waals surface area contributed by atoms with Crippen molar-refractivity contribution in [3.8, 4) is 17.0 Å². The minimum absolute atomic E-state index is 0.0395. The van der Waals surface area contributed by atoms with Gasteiger partial charge in [-0.2, -0.15) is 5.10 Å². The van der Waals surface area contributed by atoms with Crippen molar-refractivity contribution in [2.24, 2.45) is 0 Å². The highest BCUT2D eigenvalue weighted by molar-refractivity contribution is 6.00. The SMILES string of the molecule is CCCCCCN1C(=O)c2[nH]nc(-c3ccc(OC)cc3)c2[C@H]1c1ccccc1. The summed E-state index contributed by atoms with van der Waals surface area (Å²) in [5.41, 5.74) is 4.51. The lowest BCUT2D eigenvalue weighted by atomic mass is 9.96. The molecule has 150 valence electrons. The minimum atomic E-state index is -0.115. The number of methoxy groups -OCH3 is 1. The molecule has 1 aliphatic rings. The third-order valence-electron chi connectivity index (χ3n) is 5.60. The number of unbranched alkanes of at least 4 members (excludes halogenated alkanes) is 3. The van der Waals surface area contributed by atoms with Crippen molar-refractivity contribution >= 4 is 5.91 Å². The quantitative estimate of drug-likeness (QED) is 0.538. The fourth-order valence-corrected chi connectivity index (χ4v) is 4.09. The topological polar surface area (TPSA) is 58.2 Å². The van der Waals surface area contributed by atoms with Crippen LogP contribution in [0.5, 0.6) is 5.75 Å².